The lowest BCUT2D eigenvalue weighted by Gasteiger charge is -2.11. The number of rotatable bonds is 3. The van der Waals surface area contributed by atoms with Crippen LogP contribution in [0.2, 0.25) is 0 Å². The Balaban J connectivity index is 2.34. The summed E-state index contributed by atoms with van der Waals surface area (Å²) in [5.41, 5.74) is 7.05. The van der Waals surface area contributed by atoms with Gasteiger partial charge in [0.15, 0.2) is 0 Å². The Bertz CT molecular complexity index is 590. The lowest BCUT2D eigenvalue weighted by molar-refractivity contribution is 0.100. The lowest BCUT2D eigenvalue weighted by Crippen LogP contribution is -2.19. The average Bonchev–Trinajstić information content (AvgIpc) is 2.85. The van der Waals surface area contributed by atoms with Gasteiger partial charge >= 0.3 is 0 Å². The molecule has 6 heteroatoms. The number of hydrogen-bond acceptors (Lipinski definition) is 3. The van der Waals surface area contributed by atoms with Crippen LogP contribution in [0.3, 0.4) is 0 Å². The van der Waals surface area contributed by atoms with E-state index in [1.54, 1.807) is 25.1 Å². The molecule has 92 valence electrons. The molecule has 0 bridgehead atoms. The van der Waals surface area contributed by atoms with Crippen molar-refractivity contribution in [2.45, 2.75) is 6.92 Å². The van der Waals surface area contributed by atoms with E-state index in [4.69, 9.17) is 5.73 Å². The Hall–Kier alpha value is -2.63. The van der Waals surface area contributed by atoms with Crippen LogP contribution in [0.1, 0.15) is 26.4 Å². The zero-order valence-corrected chi connectivity index (χ0v) is 9.73. The van der Waals surface area contributed by atoms with Crippen LogP contribution in [0.4, 0.5) is 5.69 Å². The van der Waals surface area contributed by atoms with E-state index in [0.29, 0.717) is 11.4 Å². The number of carbonyl (C=O) groups is 2. The molecule has 0 atom stereocenters. The van der Waals surface area contributed by atoms with Gasteiger partial charge in [-0.25, -0.2) is 0 Å². The molecule has 2 amide bonds. The first-order valence-corrected chi connectivity index (χ1v) is 5.29. The van der Waals surface area contributed by atoms with E-state index in [2.05, 4.69) is 15.5 Å². The fraction of sp³-hybridized carbons (Fsp3) is 0.0833. The number of nitrogens with two attached hydrogens (primary N) is 1. The first-order chi connectivity index (χ1) is 8.59. The van der Waals surface area contributed by atoms with E-state index in [-0.39, 0.29) is 11.5 Å². The van der Waals surface area contributed by atoms with Gasteiger partial charge in [0.05, 0.1) is 11.3 Å². The second kappa shape index (κ2) is 4.70. The average molecular weight is 244 g/mol. The van der Waals surface area contributed by atoms with Crippen molar-refractivity contribution in [2.75, 3.05) is 5.32 Å². The number of benzene rings is 1. The predicted octanol–water partition coefficient (Wildman–Crippen LogP) is 1.07. The number of para-hydroxylation sites is 1. The second-order valence-corrected chi connectivity index (χ2v) is 3.79. The van der Waals surface area contributed by atoms with Crippen molar-refractivity contribution < 1.29 is 9.59 Å². The molecule has 0 unspecified atom stereocenters. The Morgan fingerprint density at radius 2 is 2.11 bits per heavy atom. The first-order valence-electron chi connectivity index (χ1n) is 5.29. The topological polar surface area (TPSA) is 101 Å². The number of aryl methyl sites for hydroxylation is 1. The minimum atomic E-state index is -0.585. The molecule has 0 saturated heterocycles. The van der Waals surface area contributed by atoms with Crippen LogP contribution >= 0.6 is 0 Å². The third-order valence-corrected chi connectivity index (χ3v) is 2.52. The van der Waals surface area contributed by atoms with Crippen molar-refractivity contribution in [3.8, 4) is 0 Å². The zero-order valence-electron chi connectivity index (χ0n) is 9.73. The van der Waals surface area contributed by atoms with Gasteiger partial charge in [0.2, 0.25) is 0 Å². The van der Waals surface area contributed by atoms with Crippen molar-refractivity contribution >= 4 is 17.5 Å². The number of aromatic amines is 1. The molecule has 18 heavy (non-hydrogen) atoms. The zero-order chi connectivity index (χ0) is 13.1. The summed E-state index contributed by atoms with van der Waals surface area (Å²) < 4.78 is 0. The predicted molar refractivity (Wildman–Crippen MR) is 66.2 cm³/mol. The molecule has 0 radical (unpaired) electrons. The number of carbonyl (C=O) groups excluding carboxylic acids is 2. The van der Waals surface area contributed by atoms with Crippen molar-refractivity contribution in [2.24, 2.45) is 5.73 Å². The highest BCUT2D eigenvalue weighted by Gasteiger charge is 2.14. The number of aromatic nitrogens is 2. The summed E-state index contributed by atoms with van der Waals surface area (Å²) in [6, 6.07) is 6.60. The lowest BCUT2D eigenvalue weighted by atomic mass is 10.1. The van der Waals surface area contributed by atoms with Gasteiger partial charge in [-0.3, -0.25) is 14.7 Å². The molecule has 0 saturated carbocycles. The van der Waals surface area contributed by atoms with Crippen molar-refractivity contribution in [3.63, 3.8) is 0 Å². The number of nitrogens with one attached hydrogen (secondary N) is 2. The molecule has 0 fully saturated rings. The van der Waals surface area contributed by atoms with Crippen molar-refractivity contribution in [3.05, 3.63) is 47.3 Å². The number of nitrogens with zero attached hydrogens (tertiary/aromatic N) is 1. The van der Waals surface area contributed by atoms with E-state index in [0.717, 1.165) is 5.56 Å². The van der Waals surface area contributed by atoms with Gasteiger partial charge in [0, 0.05) is 6.20 Å². The minimum absolute atomic E-state index is 0.280. The molecule has 4 N–H and O–H groups in total. The van der Waals surface area contributed by atoms with Crippen LogP contribution in [0, 0.1) is 6.92 Å². The highest BCUT2D eigenvalue weighted by molar-refractivity contribution is 6.08. The molecule has 2 rings (SSSR count). The van der Waals surface area contributed by atoms with Crippen LogP contribution < -0.4 is 11.1 Å². The highest BCUT2D eigenvalue weighted by atomic mass is 16.2. The third kappa shape index (κ3) is 2.22. The van der Waals surface area contributed by atoms with Gasteiger partial charge in [-0.1, -0.05) is 12.1 Å². The molecule has 2 aromatic rings. The van der Waals surface area contributed by atoms with E-state index in [1.807, 2.05) is 0 Å². The van der Waals surface area contributed by atoms with Crippen LogP contribution in [0.5, 0.6) is 0 Å². The smallest absolute Gasteiger partial charge is 0.273 e. The molecule has 6 nitrogen and oxygen atoms in total. The summed E-state index contributed by atoms with van der Waals surface area (Å²) in [7, 11) is 0. The summed E-state index contributed by atoms with van der Waals surface area (Å²) in [5, 5.41) is 8.89. The monoisotopic (exact) mass is 244 g/mol. The molecule has 1 aromatic carbocycles. The van der Waals surface area contributed by atoms with E-state index >= 15 is 0 Å². The Labute approximate surface area is 103 Å². The van der Waals surface area contributed by atoms with E-state index in [9.17, 15) is 9.59 Å². The number of primary amides is 1. The normalized spacial score (nSPS) is 10.1. The second-order valence-electron chi connectivity index (χ2n) is 3.79. The number of hydrogen-bond donors (Lipinski definition) is 3. The summed E-state index contributed by atoms with van der Waals surface area (Å²) in [5.74, 6) is -0.956. The molecule has 0 aliphatic carbocycles. The summed E-state index contributed by atoms with van der Waals surface area (Å²) >= 11 is 0. The largest absolute Gasteiger partial charge is 0.366 e. The fourth-order valence-electron chi connectivity index (χ4n) is 1.60. The maximum Gasteiger partial charge on any atom is 0.273 e. The van der Waals surface area contributed by atoms with Crippen molar-refractivity contribution in [1.82, 2.24) is 10.2 Å². The minimum Gasteiger partial charge on any atom is -0.366 e. The van der Waals surface area contributed by atoms with Crippen molar-refractivity contribution in [1.29, 1.82) is 0 Å². The van der Waals surface area contributed by atoms with Crippen LogP contribution in [-0.4, -0.2) is 22.0 Å². The van der Waals surface area contributed by atoms with Gasteiger partial charge in [0.25, 0.3) is 11.8 Å². The van der Waals surface area contributed by atoms with E-state index < -0.39 is 5.91 Å². The van der Waals surface area contributed by atoms with Gasteiger partial charge in [-0.2, -0.15) is 5.10 Å². The van der Waals surface area contributed by atoms with Crippen LogP contribution in [-0.2, 0) is 0 Å². The molecular weight excluding hydrogens is 232 g/mol. The van der Waals surface area contributed by atoms with Gasteiger partial charge in [-0.05, 0) is 24.6 Å². The summed E-state index contributed by atoms with van der Waals surface area (Å²) in [6.07, 6.45) is 1.47. The Morgan fingerprint density at radius 1 is 1.33 bits per heavy atom. The number of H-pyrrole nitrogens is 1. The fourth-order valence-corrected chi connectivity index (χ4v) is 1.60. The SMILES string of the molecule is Cc1cccc(C(N)=O)c1NC(=O)c1ccn[nH]1. The van der Waals surface area contributed by atoms with Gasteiger partial charge in [-0.15, -0.1) is 0 Å². The Kier molecular flexibility index (Phi) is 3.09. The van der Waals surface area contributed by atoms with Gasteiger partial charge < -0.3 is 11.1 Å². The van der Waals surface area contributed by atoms with Crippen LogP contribution in [0.15, 0.2) is 30.5 Å². The van der Waals surface area contributed by atoms with E-state index in [1.165, 1.54) is 12.3 Å². The molecule has 0 aliphatic heterocycles. The number of anilines is 1. The Morgan fingerprint density at radius 3 is 2.72 bits per heavy atom. The summed E-state index contributed by atoms with van der Waals surface area (Å²) in [4.78, 5) is 23.2. The molecule has 0 spiro atoms. The first kappa shape index (κ1) is 11.8. The van der Waals surface area contributed by atoms with Gasteiger partial charge in [0.1, 0.15) is 5.69 Å². The number of amides is 2. The quantitative estimate of drug-likeness (QED) is 0.752. The third-order valence-electron chi connectivity index (χ3n) is 2.52. The summed E-state index contributed by atoms with van der Waals surface area (Å²) in [6.45, 7) is 1.79. The molecular formula is C12H12N4O2. The molecule has 1 aromatic heterocycles. The highest BCUT2D eigenvalue weighted by Crippen LogP contribution is 2.20. The van der Waals surface area contributed by atoms with Crippen LogP contribution in [0.25, 0.3) is 0 Å². The maximum atomic E-state index is 11.9. The molecule has 1 heterocycles. The standard InChI is InChI=1S/C12H12N4O2/c1-7-3-2-4-8(11(13)17)10(7)15-12(18)9-5-6-14-16-9/h2-6H,1H3,(H2,13,17)(H,14,16)(H,15,18). The maximum absolute atomic E-state index is 11.9. The molecule has 0 aliphatic rings.